The number of carbonyl (C=O) groups is 3. The van der Waals surface area contributed by atoms with Gasteiger partial charge in [-0.3, -0.25) is 4.79 Å². The van der Waals surface area contributed by atoms with Gasteiger partial charge in [0, 0.05) is 20.2 Å². The summed E-state index contributed by atoms with van der Waals surface area (Å²) in [4.78, 5) is 34.7. The number of piperazine rings is 1. The van der Waals surface area contributed by atoms with Gasteiger partial charge < -0.3 is 25.4 Å². The maximum absolute atomic E-state index is 11.6. The first kappa shape index (κ1) is 13.2. The minimum Gasteiger partial charge on any atom is -0.480 e. The highest BCUT2D eigenvalue weighted by Gasteiger charge is 2.25. The van der Waals surface area contributed by atoms with Crippen molar-refractivity contribution in [3.63, 3.8) is 0 Å². The molecule has 1 fully saturated rings. The molecule has 17 heavy (non-hydrogen) atoms. The number of carboxylic acid groups (broad SMARTS) is 1. The van der Waals surface area contributed by atoms with Crippen molar-refractivity contribution in [2.75, 3.05) is 33.4 Å². The number of ether oxygens (including phenoxy) is 1. The average molecular weight is 245 g/mol. The lowest BCUT2D eigenvalue weighted by atomic mass is 10.3. The number of methoxy groups -OCH3 is 1. The molecule has 1 aliphatic heterocycles. The maximum atomic E-state index is 11.6. The van der Waals surface area contributed by atoms with Crippen LogP contribution in [-0.4, -0.2) is 67.3 Å². The summed E-state index contributed by atoms with van der Waals surface area (Å²) in [7, 11) is 1.34. The number of hydrogen-bond donors (Lipinski definition) is 3. The van der Waals surface area contributed by atoms with E-state index in [2.05, 4.69) is 15.4 Å². The molecule has 1 atom stereocenters. The zero-order valence-corrected chi connectivity index (χ0v) is 9.43. The Kier molecular flexibility index (Phi) is 4.70. The van der Waals surface area contributed by atoms with Crippen LogP contribution >= 0.6 is 0 Å². The van der Waals surface area contributed by atoms with Gasteiger partial charge in [-0.15, -0.1) is 0 Å². The molecule has 1 rings (SSSR count). The molecule has 3 amide bonds. The molecule has 0 bridgehead atoms. The lowest BCUT2D eigenvalue weighted by molar-refractivity contribution is -0.140. The van der Waals surface area contributed by atoms with Crippen molar-refractivity contribution < 1.29 is 24.2 Å². The molecule has 1 aliphatic rings. The number of aliphatic carboxylic acids is 1. The Balaban J connectivity index is 2.51. The minimum absolute atomic E-state index is 0.0643. The Morgan fingerprint density at radius 1 is 1.65 bits per heavy atom. The zero-order valence-electron chi connectivity index (χ0n) is 9.43. The van der Waals surface area contributed by atoms with E-state index >= 15 is 0 Å². The summed E-state index contributed by atoms with van der Waals surface area (Å²) in [6, 6.07) is -1.69. The highest BCUT2D eigenvalue weighted by molar-refractivity contribution is 5.87. The van der Waals surface area contributed by atoms with Gasteiger partial charge in [-0.05, 0) is 0 Å². The first-order chi connectivity index (χ1) is 8.04. The standard InChI is InChI=1S/C9H15N3O5/c1-17-5-6(8(14)15)11-9(16)12-3-2-10-7(13)4-12/h6H,2-5H2,1H3,(H,10,13)(H,11,16)(H,14,15). The molecule has 0 saturated carbocycles. The molecular weight excluding hydrogens is 230 g/mol. The van der Waals surface area contributed by atoms with E-state index in [1.165, 1.54) is 12.0 Å². The first-order valence-corrected chi connectivity index (χ1v) is 5.08. The van der Waals surface area contributed by atoms with Crippen LogP contribution in [0.15, 0.2) is 0 Å². The summed E-state index contributed by atoms with van der Waals surface area (Å²) in [6.45, 7) is 0.539. The minimum atomic E-state index is -1.18. The van der Waals surface area contributed by atoms with Crippen LogP contribution in [0.1, 0.15) is 0 Å². The fourth-order valence-electron chi connectivity index (χ4n) is 1.39. The van der Waals surface area contributed by atoms with Crippen LogP contribution in [0.3, 0.4) is 0 Å². The largest absolute Gasteiger partial charge is 0.480 e. The normalized spacial score (nSPS) is 17.2. The summed E-state index contributed by atoms with van der Waals surface area (Å²) in [5.41, 5.74) is 0. The monoisotopic (exact) mass is 245 g/mol. The van der Waals surface area contributed by atoms with Crippen molar-refractivity contribution in [2.45, 2.75) is 6.04 Å². The van der Waals surface area contributed by atoms with Crippen LogP contribution in [0, 0.1) is 0 Å². The van der Waals surface area contributed by atoms with Crippen LogP contribution in [-0.2, 0) is 14.3 Å². The highest BCUT2D eigenvalue weighted by Crippen LogP contribution is 1.96. The van der Waals surface area contributed by atoms with E-state index < -0.39 is 18.0 Å². The molecule has 3 N–H and O–H groups in total. The smallest absolute Gasteiger partial charge is 0.328 e. The van der Waals surface area contributed by atoms with E-state index in [-0.39, 0.29) is 19.1 Å². The quantitative estimate of drug-likeness (QED) is 0.543. The van der Waals surface area contributed by atoms with Gasteiger partial charge in [0.05, 0.1) is 6.61 Å². The molecule has 0 aromatic heterocycles. The van der Waals surface area contributed by atoms with Gasteiger partial charge in [0.15, 0.2) is 6.04 Å². The lowest BCUT2D eigenvalue weighted by Crippen LogP contribution is -2.56. The predicted molar refractivity (Wildman–Crippen MR) is 56.4 cm³/mol. The third kappa shape index (κ3) is 3.91. The number of rotatable bonds is 4. The number of nitrogens with one attached hydrogen (secondary N) is 2. The summed E-state index contributed by atoms with van der Waals surface area (Å²) in [5.74, 6) is -1.44. The molecule has 8 heteroatoms. The van der Waals surface area contributed by atoms with E-state index in [1.54, 1.807) is 0 Å². The molecule has 0 aromatic carbocycles. The molecule has 1 unspecified atom stereocenters. The number of urea groups is 1. The molecule has 1 saturated heterocycles. The number of nitrogens with zero attached hydrogens (tertiary/aromatic N) is 1. The fourth-order valence-corrected chi connectivity index (χ4v) is 1.39. The average Bonchev–Trinajstić information content (AvgIpc) is 2.28. The van der Waals surface area contributed by atoms with E-state index in [9.17, 15) is 14.4 Å². The molecule has 0 radical (unpaired) electrons. The van der Waals surface area contributed by atoms with Crippen molar-refractivity contribution in [3.05, 3.63) is 0 Å². The van der Waals surface area contributed by atoms with Gasteiger partial charge in [-0.2, -0.15) is 0 Å². The van der Waals surface area contributed by atoms with Crippen molar-refractivity contribution in [3.8, 4) is 0 Å². The molecule has 0 aliphatic carbocycles. The Morgan fingerprint density at radius 3 is 2.88 bits per heavy atom. The Bertz CT molecular complexity index is 320. The first-order valence-electron chi connectivity index (χ1n) is 5.08. The zero-order chi connectivity index (χ0) is 12.8. The maximum Gasteiger partial charge on any atom is 0.328 e. The van der Waals surface area contributed by atoms with Crippen LogP contribution in [0.2, 0.25) is 0 Å². The highest BCUT2D eigenvalue weighted by atomic mass is 16.5. The van der Waals surface area contributed by atoms with Gasteiger partial charge >= 0.3 is 12.0 Å². The van der Waals surface area contributed by atoms with Gasteiger partial charge in [-0.25, -0.2) is 9.59 Å². The van der Waals surface area contributed by atoms with Gasteiger partial charge in [0.2, 0.25) is 5.91 Å². The van der Waals surface area contributed by atoms with Crippen LogP contribution < -0.4 is 10.6 Å². The number of carbonyl (C=O) groups excluding carboxylic acids is 2. The second-order valence-electron chi connectivity index (χ2n) is 3.57. The molecule has 8 nitrogen and oxygen atoms in total. The molecular formula is C9H15N3O5. The Morgan fingerprint density at radius 2 is 2.35 bits per heavy atom. The van der Waals surface area contributed by atoms with E-state index in [4.69, 9.17) is 5.11 Å². The van der Waals surface area contributed by atoms with Crippen LogP contribution in [0.5, 0.6) is 0 Å². The molecule has 0 aromatic rings. The van der Waals surface area contributed by atoms with Crippen LogP contribution in [0.4, 0.5) is 4.79 Å². The van der Waals surface area contributed by atoms with Gasteiger partial charge in [-0.1, -0.05) is 0 Å². The van der Waals surface area contributed by atoms with E-state index in [0.717, 1.165) is 0 Å². The third-order valence-corrected chi connectivity index (χ3v) is 2.25. The topological polar surface area (TPSA) is 108 Å². The summed E-state index contributed by atoms with van der Waals surface area (Å²) in [6.07, 6.45) is 0. The summed E-state index contributed by atoms with van der Waals surface area (Å²) in [5, 5.41) is 13.7. The van der Waals surface area contributed by atoms with Crippen molar-refractivity contribution in [1.29, 1.82) is 0 Å². The second-order valence-corrected chi connectivity index (χ2v) is 3.57. The lowest BCUT2D eigenvalue weighted by Gasteiger charge is -2.28. The van der Waals surface area contributed by atoms with Crippen molar-refractivity contribution >= 4 is 17.9 Å². The summed E-state index contributed by atoms with van der Waals surface area (Å²) < 4.78 is 4.68. The predicted octanol–water partition coefficient (Wildman–Crippen LogP) is -1.77. The SMILES string of the molecule is COCC(NC(=O)N1CCNC(=O)C1)C(=O)O. The number of amides is 3. The van der Waals surface area contributed by atoms with Gasteiger partial charge in [0.1, 0.15) is 6.54 Å². The fraction of sp³-hybridized carbons (Fsp3) is 0.667. The van der Waals surface area contributed by atoms with E-state index in [1.807, 2.05) is 0 Å². The molecule has 96 valence electrons. The van der Waals surface area contributed by atoms with Crippen molar-refractivity contribution in [2.24, 2.45) is 0 Å². The Hall–Kier alpha value is -1.83. The molecule has 1 heterocycles. The summed E-state index contributed by atoms with van der Waals surface area (Å²) >= 11 is 0. The Labute approximate surface area is 97.9 Å². The second kappa shape index (κ2) is 6.04. The van der Waals surface area contributed by atoms with Crippen molar-refractivity contribution in [1.82, 2.24) is 15.5 Å². The molecule has 0 spiro atoms. The number of carboxylic acids is 1. The van der Waals surface area contributed by atoms with E-state index in [0.29, 0.717) is 13.1 Å². The number of hydrogen-bond acceptors (Lipinski definition) is 4. The van der Waals surface area contributed by atoms with Gasteiger partial charge in [0.25, 0.3) is 0 Å². The van der Waals surface area contributed by atoms with Crippen LogP contribution in [0.25, 0.3) is 0 Å². The third-order valence-electron chi connectivity index (χ3n) is 2.25.